The number of carbonyl (C=O) groups is 1. The Morgan fingerprint density at radius 3 is 2.52 bits per heavy atom. The van der Waals surface area contributed by atoms with Gasteiger partial charge in [-0.1, -0.05) is 40.9 Å². The molecular weight excluding hydrogens is 433 g/mol. The van der Waals surface area contributed by atoms with Gasteiger partial charge in [0.15, 0.2) is 0 Å². The highest BCUT2D eigenvalue weighted by Crippen LogP contribution is 2.30. The molecule has 0 amide bonds. The van der Waals surface area contributed by atoms with Gasteiger partial charge >= 0.3 is 5.97 Å². The minimum atomic E-state index is -0.502. The van der Waals surface area contributed by atoms with Gasteiger partial charge < -0.3 is 9.15 Å². The fraction of sp³-hybridized carbons (Fsp3) is 0.0909. The minimum absolute atomic E-state index is 0.251. The third-order valence-corrected chi connectivity index (χ3v) is 5.08. The number of carbonyl (C=O) groups excluding carboxylic acids is 1. The predicted octanol–water partition coefficient (Wildman–Crippen LogP) is 7.15. The van der Waals surface area contributed by atoms with Gasteiger partial charge in [0, 0.05) is 5.56 Å². The molecule has 0 bridgehead atoms. The van der Waals surface area contributed by atoms with Crippen molar-refractivity contribution in [3.05, 3.63) is 80.5 Å². The summed E-state index contributed by atoms with van der Waals surface area (Å²) in [6.07, 6.45) is 1.60. The maximum atomic E-state index is 12.0. The lowest BCUT2D eigenvalue weighted by Gasteiger charge is -2.06. The summed E-state index contributed by atoms with van der Waals surface area (Å²) in [5, 5.41) is 10.6. The molecular formula is C22H14Cl3NO3. The number of hydrogen-bond acceptors (Lipinski definition) is 4. The molecule has 0 N–H and O–H groups in total. The number of nitriles is 1. The van der Waals surface area contributed by atoms with Gasteiger partial charge in [-0.25, -0.2) is 4.79 Å². The van der Waals surface area contributed by atoms with Crippen LogP contribution in [0.3, 0.4) is 0 Å². The van der Waals surface area contributed by atoms with Gasteiger partial charge in [-0.3, -0.25) is 0 Å². The van der Waals surface area contributed by atoms with E-state index >= 15 is 0 Å². The molecule has 0 radical (unpaired) electrons. The molecule has 2 aromatic carbocycles. The molecule has 1 aromatic heterocycles. The van der Waals surface area contributed by atoms with Crippen LogP contribution in [0.2, 0.25) is 15.1 Å². The first-order valence-electron chi connectivity index (χ1n) is 8.57. The van der Waals surface area contributed by atoms with Crippen LogP contribution in [0.15, 0.2) is 52.9 Å². The average Bonchev–Trinajstić information content (AvgIpc) is 3.17. The fourth-order valence-corrected chi connectivity index (χ4v) is 3.11. The van der Waals surface area contributed by atoms with E-state index < -0.39 is 5.97 Å². The standard InChI is InChI=1S/C22H14Cl3NO3/c1-2-28-22(27)17-10-14(4-6-18(17)23)21-8-5-16(29-21)9-15(12-26)13-3-7-19(24)20(25)11-13/h3-11H,2H2,1H3/b15-9-. The van der Waals surface area contributed by atoms with Crippen LogP contribution in [-0.2, 0) is 4.74 Å². The van der Waals surface area contributed by atoms with Crippen LogP contribution in [0.1, 0.15) is 28.6 Å². The van der Waals surface area contributed by atoms with Crippen molar-refractivity contribution in [2.45, 2.75) is 6.92 Å². The molecule has 0 atom stereocenters. The second-order valence-corrected chi connectivity index (χ2v) is 7.14. The highest BCUT2D eigenvalue weighted by atomic mass is 35.5. The van der Waals surface area contributed by atoms with Crippen molar-refractivity contribution in [3.8, 4) is 17.4 Å². The van der Waals surface area contributed by atoms with Crippen LogP contribution in [0.4, 0.5) is 0 Å². The first-order valence-corrected chi connectivity index (χ1v) is 9.70. The van der Waals surface area contributed by atoms with Gasteiger partial charge in [0.25, 0.3) is 0 Å². The normalized spacial score (nSPS) is 11.2. The van der Waals surface area contributed by atoms with Gasteiger partial charge in [-0.15, -0.1) is 0 Å². The van der Waals surface area contributed by atoms with Crippen molar-refractivity contribution in [1.29, 1.82) is 5.26 Å². The highest BCUT2D eigenvalue weighted by molar-refractivity contribution is 6.42. The molecule has 7 heteroatoms. The summed E-state index contributed by atoms with van der Waals surface area (Å²) in [5.41, 5.74) is 1.90. The monoisotopic (exact) mass is 445 g/mol. The zero-order valence-corrected chi connectivity index (χ0v) is 17.5. The zero-order chi connectivity index (χ0) is 21.0. The fourth-order valence-electron chi connectivity index (χ4n) is 2.62. The van der Waals surface area contributed by atoms with Crippen LogP contribution in [0.25, 0.3) is 23.0 Å². The number of benzene rings is 2. The van der Waals surface area contributed by atoms with Crippen molar-refractivity contribution >= 4 is 52.4 Å². The number of hydrogen-bond donors (Lipinski definition) is 0. The first kappa shape index (κ1) is 21.0. The van der Waals surface area contributed by atoms with Crippen LogP contribution >= 0.6 is 34.8 Å². The summed E-state index contributed by atoms with van der Waals surface area (Å²) >= 11 is 18.1. The third-order valence-electron chi connectivity index (χ3n) is 4.01. The van der Waals surface area contributed by atoms with Gasteiger partial charge in [0.1, 0.15) is 11.5 Å². The van der Waals surface area contributed by atoms with E-state index in [1.165, 1.54) is 0 Å². The van der Waals surface area contributed by atoms with Gasteiger partial charge in [0.05, 0.1) is 38.9 Å². The summed E-state index contributed by atoms with van der Waals surface area (Å²) in [6.45, 7) is 1.97. The number of allylic oxidation sites excluding steroid dienone is 1. The van der Waals surface area contributed by atoms with Crippen LogP contribution in [0, 0.1) is 11.3 Å². The molecule has 0 spiro atoms. The summed E-state index contributed by atoms with van der Waals surface area (Å²) in [6, 6.07) is 15.5. The maximum absolute atomic E-state index is 12.0. The van der Waals surface area contributed by atoms with E-state index in [2.05, 4.69) is 6.07 Å². The Hall–Kier alpha value is -2.71. The Balaban J connectivity index is 1.93. The van der Waals surface area contributed by atoms with Crippen LogP contribution in [-0.4, -0.2) is 12.6 Å². The Bertz CT molecular complexity index is 1140. The second kappa shape index (κ2) is 9.19. The third kappa shape index (κ3) is 4.83. The number of nitrogens with zero attached hydrogens (tertiary/aromatic N) is 1. The number of ether oxygens (including phenoxy) is 1. The molecule has 0 saturated heterocycles. The Morgan fingerprint density at radius 1 is 1.07 bits per heavy atom. The number of furan rings is 1. The lowest BCUT2D eigenvalue weighted by Crippen LogP contribution is -2.05. The van der Waals surface area contributed by atoms with E-state index in [-0.39, 0.29) is 12.2 Å². The summed E-state index contributed by atoms with van der Waals surface area (Å²) in [5.74, 6) is 0.484. The lowest BCUT2D eigenvalue weighted by molar-refractivity contribution is 0.0526. The molecule has 3 rings (SSSR count). The Labute approximate surface area is 182 Å². The maximum Gasteiger partial charge on any atom is 0.339 e. The first-order chi connectivity index (χ1) is 13.9. The van der Waals surface area contributed by atoms with Crippen LogP contribution < -0.4 is 0 Å². The lowest BCUT2D eigenvalue weighted by atomic mass is 10.1. The highest BCUT2D eigenvalue weighted by Gasteiger charge is 2.14. The smallest absolute Gasteiger partial charge is 0.339 e. The largest absolute Gasteiger partial charge is 0.462 e. The number of rotatable bonds is 5. The summed E-state index contributed by atoms with van der Waals surface area (Å²) in [7, 11) is 0. The quantitative estimate of drug-likeness (QED) is 0.308. The Kier molecular flexibility index (Phi) is 6.66. The van der Waals surface area contributed by atoms with Gasteiger partial charge in [-0.05, 0) is 61.0 Å². The molecule has 146 valence electrons. The van der Waals surface area contributed by atoms with Crippen molar-refractivity contribution in [2.24, 2.45) is 0 Å². The van der Waals surface area contributed by atoms with Crippen molar-refractivity contribution in [3.63, 3.8) is 0 Å². The predicted molar refractivity (Wildman–Crippen MR) is 115 cm³/mol. The molecule has 0 aliphatic rings. The summed E-state index contributed by atoms with van der Waals surface area (Å²) in [4.78, 5) is 12.0. The molecule has 1 heterocycles. The van der Waals surface area contributed by atoms with E-state index in [0.29, 0.717) is 43.3 Å². The van der Waals surface area contributed by atoms with E-state index in [9.17, 15) is 10.1 Å². The van der Waals surface area contributed by atoms with Crippen molar-refractivity contribution in [1.82, 2.24) is 0 Å². The SMILES string of the molecule is CCOC(=O)c1cc(-c2ccc(/C=C(/C#N)c3ccc(Cl)c(Cl)c3)o2)ccc1Cl. The number of halogens is 3. The molecule has 0 aliphatic carbocycles. The molecule has 29 heavy (non-hydrogen) atoms. The second-order valence-electron chi connectivity index (χ2n) is 5.92. The molecule has 0 aliphatic heterocycles. The van der Waals surface area contributed by atoms with E-state index in [1.54, 1.807) is 61.5 Å². The zero-order valence-electron chi connectivity index (χ0n) is 15.2. The molecule has 0 fully saturated rings. The molecule has 0 unspecified atom stereocenters. The Morgan fingerprint density at radius 2 is 1.83 bits per heavy atom. The molecule has 4 nitrogen and oxygen atoms in total. The van der Waals surface area contributed by atoms with E-state index in [1.807, 2.05) is 0 Å². The minimum Gasteiger partial charge on any atom is -0.462 e. The summed E-state index contributed by atoms with van der Waals surface area (Å²) < 4.78 is 10.8. The molecule has 0 saturated carbocycles. The molecule has 3 aromatic rings. The van der Waals surface area contributed by atoms with Gasteiger partial charge in [0.2, 0.25) is 0 Å². The topological polar surface area (TPSA) is 63.2 Å². The van der Waals surface area contributed by atoms with E-state index in [4.69, 9.17) is 44.0 Å². The average molecular weight is 447 g/mol. The van der Waals surface area contributed by atoms with Crippen molar-refractivity contribution < 1.29 is 13.9 Å². The van der Waals surface area contributed by atoms with Gasteiger partial charge in [-0.2, -0.15) is 5.26 Å². The number of esters is 1. The van der Waals surface area contributed by atoms with E-state index in [0.717, 1.165) is 0 Å². The van der Waals surface area contributed by atoms with Crippen LogP contribution in [0.5, 0.6) is 0 Å². The van der Waals surface area contributed by atoms with Crippen molar-refractivity contribution in [2.75, 3.05) is 6.61 Å².